The molecule has 1 heterocycles. The molecule has 1 aromatic heterocycles. The van der Waals surface area contributed by atoms with Crippen LogP contribution in [0.2, 0.25) is 0 Å². The predicted octanol–water partition coefficient (Wildman–Crippen LogP) is 5.42. The van der Waals surface area contributed by atoms with Gasteiger partial charge in [0.1, 0.15) is 5.82 Å². The molecular weight excluding hydrogens is 451 g/mol. The first-order valence-electron chi connectivity index (χ1n) is 10.5. The van der Waals surface area contributed by atoms with E-state index < -0.39 is 11.8 Å². The maximum atomic E-state index is 13.3. The minimum atomic E-state index is -0.610. The first kappa shape index (κ1) is 23.3. The van der Waals surface area contributed by atoms with E-state index >= 15 is 0 Å². The highest BCUT2D eigenvalue weighted by atomic mass is 19.1. The Labute approximate surface area is 199 Å². The number of amides is 1. The standard InChI is InChI=1S/C27H19FN2O5/c1-34-27(33)23-16-25(35-30-23)20-5-3-7-22(15-20)29-26(32)18-11-8-17(9-12-18)10-13-24(31)19-4-2-6-21(28)14-19/h2-16H,1H3,(H,29,32)/b13-10+. The number of allylic oxidation sites excluding steroid dienone is 1. The largest absolute Gasteiger partial charge is 0.464 e. The molecule has 0 aliphatic heterocycles. The molecule has 3 aromatic carbocycles. The van der Waals surface area contributed by atoms with Crippen molar-refractivity contribution in [3.05, 3.63) is 113 Å². The van der Waals surface area contributed by atoms with Crippen LogP contribution in [0.25, 0.3) is 17.4 Å². The highest BCUT2D eigenvalue weighted by Gasteiger charge is 2.14. The number of halogens is 1. The SMILES string of the molecule is COC(=O)c1cc(-c2cccc(NC(=O)c3ccc(/C=C/C(=O)c4cccc(F)c4)cc3)c2)on1. The lowest BCUT2D eigenvalue weighted by molar-refractivity contribution is 0.0589. The molecule has 4 rings (SSSR count). The zero-order chi connectivity index (χ0) is 24.8. The van der Waals surface area contributed by atoms with Gasteiger partial charge in [-0.2, -0.15) is 0 Å². The molecule has 174 valence electrons. The molecule has 0 atom stereocenters. The van der Waals surface area contributed by atoms with E-state index in [2.05, 4.69) is 15.2 Å². The number of nitrogens with one attached hydrogen (secondary N) is 1. The molecule has 0 unspecified atom stereocenters. The second-order valence-electron chi connectivity index (χ2n) is 7.43. The van der Waals surface area contributed by atoms with Gasteiger partial charge in [-0.05, 0) is 48.0 Å². The van der Waals surface area contributed by atoms with Crippen LogP contribution in [-0.2, 0) is 4.74 Å². The van der Waals surface area contributed by atoms with Gasteiger partial charge in [-0.15, -0.1) is 0 Å². The minimum absolute atomic E-state index is 0.0451. The fraction of sp³-hybridized carbons (Fsp3) is 0.0370. The summed E-state index contributed by atoms with van der Waals surface area (Å²) in [6.07, 6.45) is 2.95. The number of ketones is 1. The third kappa shape index (κ3) is 5.75. The van der Waals surface area contributed by atoms with E-state index in [0.29, 0.717) is 28.1 Å². The third-order valence-electron chi connectivity index (χ3n) is 5.02. The van der Waals surface area contributed by atoms with Crippen molar-refractivity contribution >= 4 is 29.4 Å². The van der Waals surface area contributed by atoms with Gasteiger partial charge < -0.3 is 14.6 Å². The Kier molecular flexibility index (Phi) is 6.92. The van der Waals surface area contributed by atoms with Gasteiger partial charge in [-0.3, -0.25) is 9.59 Å². The summed E-state index contributed by atoms with van der Waals surface area (Å²) in [4.78, 5) is 36.4. The van der Waals surface area contributed by atoms with Gasteiger partial charge in [-0.25, -0.2) is 9.18 Å². The van der Waals surface area contributed by atoms with E-state index in [4.69, 9.17) is 4.52 Å². The molecule has 0 radical (unpaired) electrons. The van der Waals surface area contributed by atoms with Crippen LogP contribution in [0.3, 0.4) is 0 Å². The Morgan fingerprint density at radius 1 is 0.943 bits per heavy atom. The topological polar surface area (TPSA) is 98.5 Å². The molecule has 0 spiro atoms. The molecule has 0 fully saturated rings. The van der Waals surface area contributed by atoms with E-state index in [1.807, 2.05) is 0 Å². The van der Waals surface area contributed by atoms with Crippen molar-refractivity contribution in [1.29, 1.82) is 0 Å². The monoisotopic (exact) mass is 470 g/mol. The second kappa shape index (κ2) is 10.4. The number of carbonyl (C=O) groups excluding carboxylic acids is 3. The lowest BCUT2D eigenvalue weighted by Crippen LogP contribution is -2.11. The third-order valence-corrected chi connectivity index (χ3v) is 5.02. The van der Waals surface area contributed by atoms with E-state index in [1.54, 1.807) is 60.7 Å². The molecule has 1 N–H and O–H groups in total. The predicted molar refractivity (Wildman–Crippen MR) is 127 cm³/mol. The van der Waals surface area contributed by atoms with Gasteiger partial charge in [0.15, 0.2) is 17.2 Å². The molecule has 1 amide bonds. The van der Waals surface area contributed by atoms with Crippen LogP contribution >= 0.6 is 0 Å². The van der Waals surface area contributed by atoms with Gasteiger partial charge in [0.05, 0.1) is 7.11 Å². The average Bonchev–Trinajstić information content (AvgIpc) is 3.38. The average molecular weight is 470 g/mol. The fourth-order valence-corrected chi connectivity index (χ4v) is 3.22. The quantitative estimate of drug-likeness (QED) is 0.220. The number of carbonyl (C=O) groups is 3. The summed E-state index contributed by atoms with van der Waals surface area (Å²) in [6, 6.07) is 20.5. The van der Waals surface area contributed by atoms with E-state index in [1.165, 1.54) is 37.5 Å². The summed E-state index contributed by atoms with van der Waals surface area (Å²) < 4.78 is 23.1. The smallest absolute Gasteiger partial charge is 0.360 e. The Bertz CT molecular complexity index is 1420. The first-order valence-corrected chi connectivity index (χ1v) is 10.5. The Morgan fingerprint density at radius 2 is 1.71 bits per heavy atom. The summed E-state index contributed by atoms with van der Waals surface area (Å²) in [5.74, 6) is -1.39. The normalized spacial score (nSPS) is 10.8. The highest BCUT2D eigenvalue weighted by Crippen LogP contribution is 2.24. The van der Waals surface area contributed by atoms with Crippen molar-refractivity contribution in [2.24, 2.45) is 0 Å². The minimum Gasteiger partial charge on any atom is -0.464 e. The number of ether oxygens (including phenoxy) is 1. The highest BCUT2D eigenvalue weighted by molar-refractivity contribution is 6.07. The number of benzene rings is 3. The van der Waals surface area contributed by atoms with Crippen LogP contribution < -0.4 is 5.32 Å². The number of esters is 1. The van der Waals surface area contributed by atoms with Gasteiger partial charge in [0, 0.05) is 28.4 Å². The van der Waals surface area contributed by atoms with Crippen molar-refractivity contribution in [3.63, 3.8) is 0 Å². The Hall–Kier alpha value is -4.85. The van der Waals surface area contributed by atoms with Gasteiger partial charge in [0.25, 0.3) is 5.91 Å². The number of anilines is 1. The lowest BCUT2D eigenvalue weighted by atomic mass is 10.1. The van der Waals surface area contributed by atoms with Crippen LogP contribution in [0.5, 0.6) is 0 Å². The zero-order valence-electron chi connectivity index (χ0n) is 18.5. The number of nitrogens with zero attached hydrogens (tertiary/aromatic N) is 1. The summed E-state index contributed by atoms with van der Waals surface area (Å²) in [5.41, 5.74) is 2.56. The van der Waals surface area contributed by atoms with Crippen LogP contribution in [0, 0.1) is 5.82 Å². The van der Waals surface area contributed by atoms with Crippen LogP contribution in [0.1, 0.15) is 36.8 Å². The van der Waals surface area contributed by atoms with Crippen molar-refractivity contribution in [2.75, 3.05) is 12.4 Å². The van der Waals surface area contributed by atoms with Crippen molar-refractivity contribution in [3.8, 4) is 11.3 Å². The number of methoxy groups -OCH3 is 1. The first-order chi connectivity index (χ1) is 16.9. The van der Waals surface area contributed by atoms with Gasteiger partial charge in [-0.1, -0.05) is 47.6 Å². The van der Waals surface area contributed by atoms with E-state index in [9.17, 15) is 18.8 Å². The van der Waals surface area contributed by atoms with Crippen molar-refractivity contribution < 1.29 is 28.0 Å². The second-order valence-corrected chi connectivity index (χ2v) is 7.43. The van der Waals surface area contributed by atoms with Crippen molar-refractivity contribution in [1.82, 2.24) is 5.16 Å². The molecule has 0 saturated carbocycles. The lowest BCUT2D eigenvalue weighted by Gasteiger charge is -2.07. The van der Waals surface area contributed by atoms with Crippen LogP contribution in [0.4, 0.5) is 10.1 Å². The molecule has 4 aromatic rings. The summed E-state index contributed by atoms with van der Waals surface area (Å²) in [6.45, 7) is 0. The summed E-state index contributed by atoms with van der Waals surface area (Å²) >= 11 is 0. The summed E-state index contributed by atoms with van der Waals surface area (Å²) in [5, 5.41) is 6.48. The molecule has 0 saturated heterocycles. The maximum absolute atomic E-state index is 13.3. The fourth-order valence-electron chi connectivity index (χ4n) is 3.22. The number of hydrogen-bond donors (Lipinski definition) is 1. The van der Waals surface area contributed by atoms with Gasteiger partial charge in [0.2, 0.25) is 0 Å². The molecule has 7 nitrogen and oxygen atoms in total. The van der Waals surface area contributed by atoms with Crippen LogP contribution in [0.15, 0.2) is 89.5 Å². The van der Waals surface area contributed by atoms with E-state index in [-0.39, 0.29) is 22.9 Å². The molecule has 0 aliphatic carbocycles. The number of rotatable bonds is 7. The molecule has 0 bridgehead atoms. The molecule has 35 heavy (non-hydrogen) atoms. The molecule has 8 heteroatoms. The number of hydrogen-bond acceptors (Lipinski definition) is 6. The molecular formula is C27H19FN2O5. The Balaban J connectivity index is 1.41. The Morgan fingerprint density at radius 3 is 2.46 bits per heavy atom. The van der Waals surface area contributed by atoms with E-state index in [0.717, 1.165) is 0 Å². The van der Waals surface area contributed by atoms with Crippen LogP contribution in [-0.4, -0.2) is 29.9 Å². The molecule has 0 aliphatic rings. The summed E-state index contributed by atoms with van der Waals surface area (Å²) in [7, 11) is 1.25. The number of aromatic nitrogens is 1. The van der Waals surface area contributed by atoms with Gasteiger partial charge >= 0.3 is 5.97 Å². The van der Waals surface area contributed by atoms with Crippen molar-refractivity contribution in [2.45, 2.75) is 0 Å². The maximum Gasteiger partial charge on any atom is 0.360 e. The zero-order valence-corrected chi connectivity index (χ0v) is 18.5.